The molecule has 4 nitrogen and oxygen atoms in total. The molecule has 4 heteroatoms. The first-order valence-electron chi connectivity index (χ1n) is 10.5. The minimum absolute atomic E-state index is 0.719. The fourth-order valence-electron chi connectivity index (χ4n) is 4.05. The van der Waals surface area contributed by atoms with Crippen molar-refractivity contribution < 1.29 is 4.74 Å². The summed E-state index contributed by atoms with van der Waals surface area (Å²) in [7, 11) is 0. The van der Waals surface area contributed by atoms with Gasteiger partial charge in [0.25, 0.3) is 0 Å². The maximum atomic E-state index is 5.87. The summed E-state index contributed by atoms with van der Waals surface area (Å²) in [5.41, 5.74) is 0. The molecule has 0 atom stereocenters. The monoisotopic (exact) mass is 339 g/mol. The van der Waals surface area contributed by atoms with E-state index in [2.05, 4.69) is 35.5 Å². The topological polar surface area (TPSA) is 19.0 Å². The van der Waals surface area contributed by atoms with Gasteiger partial charge in [0, 0.05) is 19.1 Å². The van der Waals surface area contributed by atoms with Crippen LogP contribution in [0.4, 0.5) is 0 Å². The van der Waals surface area contributed by atoms with Gasteiger partial charge in [0.15, 0.2) is 0 Å². The van der Waals surface area contributed by atoms with E-state index in [0.717, 1.165) is 44.8 Å². The molecular formula is C20H41N3O. The molecule has 0 saturated carbocycles. The first kappa shape index (κ1) is 20.2. The van der Waals surface area contributed by atoms with Crippen molar-refractivity contribution in [3.05, 3.63) is 0 Å². The molecule has 2 aliphatic rings. The highest BCUT2D eigenvalue weighted by Gasteiger charge is 2.21. The van der Waals surface area contributed by atoms with E-state index in [1.807, 2.05) is 0 Å². The maximum absolute atomic E-state index is 5.87. The second-order valence-electron chi connectivity index (χ2n) is 7.96. The molecule has 0 spiro atoms. The van der Waals surface area contributed by atoms with Crippen LogP contribution in [0, 0.1) is 5.92 Å². The highest BCUT2D eigenvalue weighted by molar-refractivity contribution is 4.75. The molecule has 0 aromatic heterocycles. The van der Waals surface area contributed by atoms with E-state index in [4.69, 9.17) is 4.74 Å². The molecule has 0 radical (unpaired) electrons. The molecule has 2 aliphatic heterocycles. The molecule has 2 rings (SSSR count). The fraction of sp³-hybridized carbons (Fsp3) is 1.00. The number of likely N-dealkylation sites (N-methyl/N-ethyl adjacent to an activating group) is 1. The summed E-state index contributed by atoms with van der Waals surface area (Å²) < 4.78 is 5.87. The molecule has 0 aromatic rings. The van der Waals surface area contributed by atoms with Gasteiger partial charge < -0.3 is 19.4 Å². The van der Waals surface area contributed by atoms with E-state index in [9.17, 15) is 0 Å². The summed E-state index contributed by atoms with van der Waals surface area (Å²) in [6.45, 7) is 18.5. The van der Waals surface area contributed by atoms with Gasteiger partial charge >= 0.3 is 0 Å². The van der Waals surface area contributed by atoms with Gasteiger partial charge in [-0.25, -0.2) is 0 Å². The van der Waals surface area contributed by atoms with Crippen LogP contribution in [0.5, 0.6) is 0 Å². The van der Waals surface area contributed by atoms with Crippen LogP contribution < -0.4 is 0 Å². The van der Waals surface area contributed by atoms with Crippen LogP contribution in [0.15, 0.2) is 0 Å². The van der Waals surface area contributed by atoms with Crippen molar-refractivity contribution in [1.29, 1.82) is 0 Å². The number of nitrogens with zero attached hydrogens (tertiary/aromatic N) is 3. The zero-order chi connectivity index (χ0) is 17.2. The molecule has 0 bridgehead atoms. The third-order valence-electron chi connectivity index (χ3n) is 5.98. The van der Waals surface area contributed by atoms with Crippen LogP contribution in [0.2, 0.25) is 0 Å². The summed E-state index contributed by atoms with van der Waals surface area (Å²) >= 11 is 0. The normalized spacial score (nSPS) is 25.0. The van der Waals surface area contributed by atoms with Crippen molar-refractivity contribution in [2.24, 2.45) is 5.92 Å². The van der Waals surface area contributed by atoms with Crippen molar-refractivity contribution in [3.8, 4) is 0 Å². The summed E-state index contributed by atoms with van der Waals surface area (Å²) in [5.74, 6) is 0.940. The largest absolute Gasteiger partial charge is 0.379 e. The molecule has 0 amide bonds. The van der Waals surface area contributed by atoms with Crippen molar-refractivity contribution in [3.63, 3.8) is 0 Å². The van der Waals surface area contributed by atoms with Crippen molar-refractivity contribution in [2.75, 3.05) is 65.6 Å². The van der Waals surface area contributed by atoms with Crippen molar-refractivity contribution in [1.82, 2.24) is 14.7 Å². The molecule has 2 heterocycles. The fourth-order valence-corrected chi connectivity index (χ4v) is 4.05. The Kier molecular flexibility index (Phi) is 9.62. The second-order valence-corrected chi connectivity index (χ2v) is 7.96. The molecule has 24 heavy (non-hydrogen) atoms. The first-order valence-corrected chi connectivity index (χ1v) is 10.5. The Bertz CT molecular complexity index is 316. The van der Waals surface area contributed by atoms with E-state index in [1.54, 1.807) is 0 Å². The van der Waals surface area contributed by atoms with Gasteiger partial charge in [-0.2, -0.15) is 0 Å². The predicted octanol–water partition coefficient (Wildman–Crippen LogP) is 2.93. The highest BCUT2D eigenvalue weighted by Crippen LogP contribution is 2.22. The summed E-state index contributed by atoms with van der Waals surface area (Å²) in [5, 5.41) is 0. The van der Waals surface area contributed by atoms with Crippen molar-refractivity contribution >= 4 is 0 Å². The Labute approximate surface area is 150 Å². The lowest BCUT2D eigenvalue weighted by Crippen LogP contribution is -2.39. The SMILES string of the molecule is CCN1CCCCN(CCC2CCN(C(C)C)CC2)CCOCC1. The predicted molar refractivity (Wildman–Crippen MR) is 103 cm³/mol. The number of piperidine rings is 1. The van der Waals surface area contributed by atoms with Gasteiger partial charge in [-0.1, -0.05) is 6.92 Å². The first-order chi connectivity index (χ1) is 11.7. The Morgan fingerprint density at radius 1 is 0.875 bits per heavy atom. The van der Waals surface area contributed by atoms with E-state index >= 15 is 0 Å². The number of likely N-dealkylation sites (tertiary alicyclic amines) is 1. The summed E-state index contributed by atoms with van der Waals surface area (Å²) in [6.07, 6.45) is 6.84. The summed E-state index contributed by atoms with van der Waals surface area (Å²) in [4.78, 5) is 7.83. The van der Waals surface area contributed by atoms with E-state index in [0.29, 0.717) is 0 Å². The van der Waals surface area contributed by atoms with E-state index < -0.39 is 0 Å². The van der Waals surface area contributed by atoms with E-state index in [-0.39, 0.29) is 0 Å². The zero-order valence-electron chi connectivity index (χ0n) is 16.5. The Morgan fingerprint density at radius 3 is 2.12 bits per heavy atom. The summed E-state index contributed by atoms with van der Waals surface area (Å²) in [6, 6.07) is 0.719. The van der Waals surface area contributed by atoms with E-state index in [1.165, 1.54) is 64.8 Å². The quantitative estimate of drug-likeness (QED) is 0.766. The smallest absolute Gasteiger partial charge is 0.0594 e. The lowest BCUT2D eigenvalue weighted by Gasteiger charge is -2.35. The minimum Gasteiger partial charge on any atom is -0.379 e. The van der Waals surface area contributed by atoms with Crippen LogP contribution in [-0.4, -0.2) is 86.3 Å². The average Bonchev–Trinajstić information content (AvgIpc) is 2.65. The molecule has 2 saturated heterocycles. The third kappa shape index (κ3) is 7.38. The standard InChI is InChI=1S/C20H41N3O/c1-4-21-10-5-6-11-22(16-18-24-17-15-21)12-7-20-8-13-23(14-9-20)19(2)3/h19-20H,4-18H2,1-3H3. The zero-order valence-corrected chi connectivity index (χ0v) is 16.5. The molecule has 0 N–H and O–H groups in total. The van der Waals surface area contributed by atoms with Gasteiger partial charge in [-0.15, -0.1) is 0 Å². The second kappa shape index (κ2) is 11.5. The lowest BCUT2D eigenvalue weighted by atomic mass is 9.92. The molecule has 2 fully saturated rings. The maximum Gasteiger partial charge on any atom is 0.0594 e. The number of rotatable bonds is 5. The van der Waals surface area contributed by atoms with Gasteiger partial charge in [-0.3, -0.25) is 0 Å². The van der Waals surface area contributed by atoms with Crippen LogP contribution in [-0.2, 0) is 4.74 Å². The number of ether oxygens (including phenoxy) is 1. The van der Waals surface area contributed by atoms with Gasteiger partial charge in [0.2, 0.25) is 0 Å². The van der Waals surface area contributed by atoms with Crippen LogP contribution in [0.25, 0.3) is 0 Å². The van der Waals surface area contributed by atoms with Crippen molar-refractivity contribution in [2.45, 2.75) is 58.9 Å². The highest BCUT2D eigenvalue weighted by atomic mass is 16.5. The van der Waals surface area contributed by atoms with Crippen LogP contribution >= 0.6 is 0 Å². The molecule has 0 aromatic carbocycles. The van der Waals surface area contributed by atoms with Crippen LogP contribution in [0.1, 0.15) is 52.9 Å². The lowest BCUT2D eigenvalue weighted by molar-refractivity contribution is 0.0851. The number of hydrogen-bond donors (Lipinski definition) is 0. The van der Waals surface area contributed by atoms with Crippen LogP contribution in [0.3, 0.4) is 0 Å². The molecule has 0 aliphatic carbocycles. The molecule has 0 unspecified atom stereocenters. The number of hydrogen-bond acceptors (Lipinski definition) is 4. The molecular weight excluding hydrogens is 298 g/mol. The molecule has 142 valence electrons. The van der Waals surface area contributed by atoms with Gasteiger partial charge in [0.05, 0.1) is 13.2 Å². The third-order valence-corrected chi connectivity index (χ3v) is 5.98. The average molecular weight is 340 g/mol. The van der Waals surface area contributed by atoms with Gasteiger partial charge in [0.1, 0.15) is 0 Å². The Morgan fingerprint density at radius 2 is 1.50 bits per heavy atom. The Hall–Kier alpha value is -0.160. The van der Waals surface area contributed by atoms with Gasteiger partial charge in [-0.05, 0) is 91.1 Å². The minimum atomic E-state index is 0.719. The Balaban J connectivity index is 1.67.